The lowest BCUT2D eigenvalue weighted by Crippen LogP contribution is -2.42. The van der Waals surface area contributed by atoms with Gasteiger partial charge in [0.1, 0.15) is 5.82 Å². The molecule has 0 N–H and O–H groups in total. The lowest BCUT2D eigenvalue weighted by Gasteiger charge is -2.35. The van der Waals surface area contributed by atoms with Gasteiger partial charge in [-0.05, 0) is 81.1 Å². The van der Waals surface area contributed by atoms with Gasteiger partial charge in [-0.15, -0.1) is 0 Å². The average molecular weight is 443 g/mol. The summed E-state index contributed by atoms with van der Waals surface area (Å²) in [6.07, 6.45) is 2.65. The zero-order chi connectivity index (χ0) is 23.1. The van der Waals surface area contributed by atoms with Gasteiger partial charge in [0.2, 0.25) is 5.91 Å². The number of rotatable bonds is 4. The fraction of sp³-hybridized carbons (Fsp3) is 0.286. The maximum atomic E-state index is 13.7. The molecule has 1 aliphatic rings. The zero-order valence-corrected chi connectivity index (χ0v) is 19.0. The van der Waals surface area contributed by atoms with E-state index in [2.05, 4.69) is 11.5 Å². The molecule has 0 bridgehead atoms. The van der Waals surface area contributed by atoms with Crippen LogP contribution < -0.4 is 10.3 Å². The second-order valence-corrected chi connectivity index (χ2v) is 9.05. The quantitative estimate of drug-likeness (QED) is 0.378. The lowest BCUT2D eigenvalue weighted by atomic mass is 9.96. The van der Waals surface area contributed by atoms with Crippen LogP contribution in [0.15, 0.2) is 65.5 Å². The Balaban J connectivity index is 1.44. The van der Waals surface area contributed by atoms with Gasteiger partial charge in [-0.3, -0.25) is 9.59 Å². The van der Waals surface area contributed by atoms with Crippen molar-refractivity contribution in [2.75, 3.05) is 4.90 Å². The van der Waals surface area contributed by atoms with E-state index in [4.69, 9.17) is 0 Å². The van der Waals surface area contributed by atoms with Gasteiger partial charge in [-0.1, -0.05) is 23.8 Å². The molecule has 5 heteroatoms. The Morgan fingerprint density at radius 3 is 2.67 bits per heavy atom. The predicted octanol–water partition coefficient (Wildman–Crippen LogP) is 5.75. The third kappa shape index (κ3) is 3.82. The smallest absolute Gasteiger partial charge is 0.227 e. The number of hydrogen-bond donors (Lipinski definition) is 0. The molecular weight excluding hydrogens is 415 g/mol. The van der Waals surface area contributed by atoms with Gasteiger partial charge in [0, 0.05) is 35.5 Å². The molecule has 0 saturated carbocycles. The van der Waals surface area contributed by atoms with Crippen molar-refractivity contribution < 1.29 is 9.18 Å². The third-order valence-electron chi connectivity index (χ3n) is 6.74. The van der Waals surface area contributed by atoms with Gasteiger partial charge < -0.3 is 9.47 Å². The molecule has 1 aliphatic heterocycles. The van der Waals surface area contributed by atoms with Crippen molar-refractivity contribution >= 4 is 33.4 Å². The molecule has 1 atom stereocenters. The monoisotopic (exact) mass is 442 g/mol. The Morgan fingerprint density at radius 1 is 1.03 bits per heavy atom. The van der Waals surface area contributed by atoms with Crippen LogP contribution in [0.1, 0.15) is 37.3 Å². The molecule has 4 aromatic rings. The summed E-state index contributed by atoms with van der Waals surface area (Å²) in [5.74, 6) is -0.205. The minimum atomic E-state index is -0.261. The number of amides is 1. The number of carbonyl (C=O) groups excluding carboxylic acids is 1. The van der Waals surface area contributed by atoms with Crippen molar-refractivity contribution in [3.8, 4) is 0 Å². The summed E-state index contributed by atoms with van der Waals surface area (Å²) in [5, 5.41) is 1.41. The van der Waals surface area contributed by atoms with Crippen LogP contribution in [0.2, 0.25) is 0 Å². The minimum Gasteiger partial charge on any atom is -0.340 e. The summed E-state index contributed by atoms with van der Waals surface area (Å²) in [6.45, 7) is 4.67. The zero-order valence-electron chi connectivity index (χ0n) is 19.0. The van der Waals surface area contributed by atoms with Crippen LogP contribution in [-0.4, -0.2) is 16.5 Å². The van der Waals surface area contributed by atoms with E-state index < -0.39 is 0 Å². The summed E-state index contributed by atoms with van der Waals surface area (Å²) in [5.41, 5.74) is 4.60. The maximum Gasteiger partial charge on any atom is 0.227 e. The molecule has 2 heterocycles. The highest BCUT2D eigenvalue weighted by Crippen LogP contribution is 2.32. The molecule has 0 radical (unpaired) electrons. The van der Waals surface area contributed by atoms with Crippen LogP contribution in [0.25, 0.3) is 21.8 Å². The van der Waals surface area contributed by atoms with E-state index in [-0.39, 0.29) is 23.2 Å². The number of fused-ring (bicyclic) bond motifs is 3. The summed E-state index contributed by atoms with van der Waals surface area (Å²) in [4.78, 5) is 28.1. The second kappa shape index (κ2) is 8.47. The second-order valence-electron chi connectivity index (χ2n) is 9.05. The number of benzene rings is 3. The number of halogens is 1. The van der Waals surface area contributed by atoms with E-state index in [1.165, 1.54) is 6.07 Å². The van der Waals surface area contributed by atoms with E-state index in [9.17, 15) is 14.0 Å². The number of carbonyl (C=O) groups is 1. The van der Waals surface area contributed by atoms with Crippen LogP contribution in [0, 0.1) is 12.7 Å². The molecular formula is C28H27FN2O2. The SMILES string of the molecule is Cc1ccc2c(c1)c(=O)c1ccccc1n2CCCC(=O)N1c2ccc(F)cc2CCC1C. The Hall–Kier alpha value is -3.47. The molecule has 1 aromatic heterocycles. The molecule has 5 rings (SSSR count). The first-order valence-corrected chi connectivity index (χ1v) is 11.6. The largest absolute Gasteiger partial charge is 0.340 e. The summed E-state index contributed by atoms with van der Waals surface area (Å²) in [6, 6.07) is 18.4. The minimum absolute atomic E-state index is 0.0441. The number of aromatic nitrogens is 1. The molecule has 0 aliphatic carbocycles. The molecule has 4 nitrogen and oxygen atoms in total. The highest BCUT2D eigenvalue weighted by molar-refractivity contribution is 5.95. The topological polar surface area (TPSA) is 42.3 Å². The third-order valence-corrected chi connectivity index (χ3v) is 6.74. The highest BCUT2D eigenvalue weighted by Gasteiger charge is 2.28. The van der Waals surface area contributed by atoms with Crippen LogP contribution in [0.5, 0.6) is 0 Å². The summed E-state index contributed by atoms with van der Waals surface area (Å²) in [7, 11) is 0. The van der Waals surface area contributed by atoms with Crippen molar-refractivity contribution in [3.63, 3.8) is 0 Å². The van der Waals surface area contributed by atoms with Gasteiger partial charge in [-0.2, -0.15) is 0 Å². The van der Waals surface area contributed by atoms with Gasteiger partial charge in [0.25, 0.3) is 0 Å². The van der Waals surface area contributed by atoms with E-state index in [0.29, 0.717) is 30.2 Å². The molecule has 1 unspecified atom stereocenters. The Morgan fingerprint density at radius 2 is 1.82 bits per heavy atom. The number of para-hydroxylation sites is 1. The Labute approximate surface area is 192 Å². The van der Waals surface area contributed by atoms with Crippen LogP contribution in [0.3, 0.4) is 0 Å². The summed E-state index contributed by atoms with van der Waals surface area (Å²) < 4.78 is 15.8. The number of anilines is 1. The average Bonchev–Trinajstić information content (AvgIpc) is 2.81. The van der Waals surface area contributed by atoms with Crippen molar-refractivity contribution in [3.05, 3.63) is 87.8 Å². The van der Waals surface area contributed by atoms with Gasteiger partial charge >= 0.3 is 0 Å². The van der Waals surface area contributed by atoms with E-state index in [1.54, 1.807) is 12.1 Å². The fourth-order valence-corrected chi connectivity index (χ4v) is 5.09. The molecule has 33 heavy (non-hydrogen) atoms. The fourth-order valence-electron chi connectivity index (χ4n) is 5.09. The predicted molar refractivity (Wildman–Crippen MR) is 131 cm³/mol. The lowest BCUT2D eigenvalue weighted by molar-refractivity contribution is -0.119. The van der Waals surface area contributed by atoms with Gasteiger partial charge in [0.15, 0.2) is 5.43 Å². The molecule has 1 amide bonds. The first kappa shape index (κ1) is 21.4. The first-order valence-electron chi connectivity index (χ1n) is 11.6. The van der Waals surface area contributed by atoms with Crippen molar-refractivity contribution in [2.45, 2.75) is 52.1 Å². The van der Waals surface area contributed by atoms with Crippen molar-refractivity contribution in [1.29, 1.82) is 0 Å². The molecule has 0 spiro atoms. The van der Waals surface area contributed by atoms with Crippen LogP contribution >= 0.6 is 0 Å². The van der Waals surface area contributed by atoms with Crippen molar-refractivity contribution in [1.82, 2.24) is 4.57 Å². The Kier molecular flexibility index (Phi) is 5.49. The van der Waals surface area contributed by atoms with Gasteiger partial charge in [-0.25, -0.2) is 4.39 Å². The normalized spacial score (nSPS) is 15.7. The number of pyridine rings is 1. The number of hydrogen-bond acceptors (Lipinski definition) is 2. The molecule has 3 aromatic carbocycles. The maximum absolute atomic E-state index is 13.7. The number of aryl methyl sites for hydroxylation is 3. The van der Waals surface area contributed by atoms with E-state index in [1.807, 2.05) is 54.3 Å². The highest BCUT2D eigenvalue weighted by atomic mass is 19.1. The number of nitrogens with zero attached hydrogens (tertiary/aromatic N) is 2. The first-order chi connectivity index (χ1) is 15.9. The standard InChI is InChI=1S/C28H27FN2O2/c1-18-9-13-26-23(16-18)28(33)22-6-3-4-7-25(22)30(26)15-5-8-27(32)31-19(2)10-11-20-17-21(29)12-14-24(20)31/h3-4,6-7,9,12-14,16-17,19H,5,8,10-11,15H2,1-2H3. The van der Waals surface area contributed by atoms with E-state index >= 15 is 0 Å². The van der Waals surface area contributed by atoms with Crippen LogP contribution in [-0.2, 0) is 17.8 Å². The van der Waals surface area contributed by atoms with E-state index in [0.717, 1.165) is 40.7 Å². The molecule has 168 valence electrons. The summed E-state index contributed by atoms with van der Waals surface area (Å²) >= 11 is 0. The van der Waals surface area contributed by atoms with Crippen molar-refractivity contribution in [2.24, 2.45) is 0 Å². The van der Waals surface area contributed by atoms with Crippen LogP contribution in [0.4, 0.5) is 10.1 Å². The molecule has 0 saturated heterocycles. The Bertz CT molecular complexity index is 1440. The molecule has 0 fully saturated rings. The van der Waals surface area contributed by atoms with Gasteiger partial charge in [0.05, 0.1) is 11.0 Å².